The van der Waals surface area contributed by atoms with Gasteiger partial charge in [-0.3, -0.25) is 9.59 Å². The number of Topliss-reactive ketones (excluding diaryl/α,β-unsaturated/α-hetero) is 2. The standard InChI is InChI=1S/C21H24O4/c1-12-8-15(22)20(16(23)9-12)19(14-6-4-3-5-7-14)21-17(24)10-13(2)11-18(21)25/h3-7,12-13,19,22,24H,8-11H2,1-2H3/t12-,13-/m1/s1. The van der Waals surface area contributed by atoms with Gasteiger partial charge in [0.05, 0.1) is 0 Å². The van der Waals surface area contributed by atoms with Crippen LogP contribution in [0.1, 0.15) is 51.0 Å². The lowest BCUT2D eigenvalue weighted by molar-refractivity contribution is -0.117. The second-order valence-corrected chi connectivity index (χ2v) is 7.44. The van der Waals surface area contributed by atoms with Gasteiger partial charge in [0.15, 0.2) is 11.6 Å². The number of carbonyl (C=O) groups excluding carboxylic acids is 2. The number of hydrogen-bond donors (Lipinski definition) is 2. The number of carbonyl (C=O) groups is 2. The van der Waals surface area contributed by atoms with Crippen molar-refractivity contribution in [3.8, 4) is 0 Å². The molecule has 0 aromatic heterocycles. The van der Waals surface area contributed by atoms with Crippen molar-refractivity contribution in [3.05, 3.63) is 58.6 Å². The van der Waals surface area contributed by atoms with Gasteiger partial charge in [0, 0.05) is 42.7 Å². The van der Waals surface area contributed by atoms with E-state index >= 15 is 0 Å². The fraction of sp³-hybridized carbons (Fsp3) is 0.429. The number of aliphatic hydroxyl groups excluding tert-OH is 2. The Labute approximate surface area is 147 Å². The van der Waals surface area contributed by atoms with Gasteiger partial charge in [0.2, 0.25) is 0 Å². The van der Waals surface area contributed by atoms with Crippen LogP contribution < -0.4 is 0 Å². The van der Waals surface area contributed by atoms with Crippen molar-refractivity contribution in [2.45, 2.75) is 45.4 Å². The van der Waals surface area contributed by atoms with E-state index < -0.39 is 5.92 Å². The molecule has 0 radical (unpaired) electrons. The highest BCUT2D eigenvalue weighted by molar-refractivity contribution is 6.05. The van der Waals surface area contributed by atoms with E-state index in [-0.39, 0.29) is 46.1 Å². The van der Waals surface area contributed by atoms with Crippen molar-refractivity contribution >= 4 is 11.6 Å². The topological polar surface area (TPSA) is 74.6 Å². The molecule has 0 aliphatic heterocycles. The number of hydrogen-bond acceptors (Lipinski definition) is 4. The predicted octanol–water partition coefficient (Wildman–Crippen LogP) is 4.39. The SMILES string of the molecule is C[C@H]1CC(=O)C(C(C2=C(O)C[C@@H](C)CC2=O)c2ccccc2)=C(O)C1. The molecule has 2 atom stereocenters. The molecule has 3 rings (SSSR count). The van der Waals surface area contributed by atoms with Crippen LogP contribution in [-0.4, -0.2) is 21.8 Å². The highest BCUT2D eigenvalue weighted by atomic mass is 16.3. The molecule has 2 aliphatic carbocycles. The molecule has 0 bridgehead atoms. The first kappa shape index (κ1) is 17.5. The van der Waals surface area contributed by atoms with Crippen LogP contribution in [0.4, 0.5) is 0 Å². The summed E-state index contributed by atoms with van der Waals surface area (Å²) in [4.78, 5) is 25.4. The number of benzene rings is 1. The normalized spacial score (nSPS) is 25.1. The van der Waals surface area contributed by atoms with Crippen LogP contribution in [0.3, 0.4) is 0 Å². The average molecular weight is 340 g/mol. The summed E-state index contributed by atoms with van der Waals surface area (Å²) in [5.74, 6) is -0.724. The molecule has 2 N–H and O–H groups in total. The molecule has 0 amide bonds. The lowest BCUT2D eigenvalue weighted by Crippen LogP contribution is -2.28. The van der Waals surface area contributed by atoms with E-state index in [0.717, 1.165) is 5.56 Å². The van der Waals surface area contributed by atoms with Gasteiger partial charge in [-0.25, -0.2) is 0 Å². The fourth-order valence-corrected chi connectivity index (χ4v) is 3.98. The summed E-state index contributed by atoms with van der Waals surface area (Å²) in [5, 5.41) is 21.1. The van der Waals surface area contributed by atoms with Crippen LogP contribution in [0.5, 0.6) is 0 Å². The summed E-state index contributed by atoms with van der Waals surface area (Å²) in [6, 6.07) is 9.20. The van der Waals surface area contributed by atoms with Crippen molar-refractivity contribution in [2.24, 2.45) is 11.8 Å². The Balaban J connectivity index is 2.19. The molecule has 4 heteroatoms. The number of rotatable bonds is 3. The van der Waals surface area contributed by atoms with Crippen molar-refractivity contribution in [1.82, 2.24) is 0 Å². The molecule has 132 valence electrons. The highest BCUT2D eigenvalue weighted by Crippen LogP contribution is 2.43. The molecule has 0 unspecified atom stereocenters. The molecule has 4 nitrogen and oxygen atoms in total. The lowest BCUT2D eigenvalue weighted by atomic mass is 9.72. The molecule has 0 fully saturated rings. The Hall–Kier alpha value is -2.36. The molecule has 25 heavy (non-hydrogen) atoms. The van der Waals surface area contributed by atoms with E-state index in [2.05, 4.69) is 0 Å². The average Bonchev–Trinajstić information content (AvgIpc) is 2.52. The Kier molecular flexibility index (Phi) is 4.80. The molecular formula is C21H24O4. The third-order valence-electron chi connectivity index (χ3n) is 5.08. The van der Waals surface area contributed by atoms with Gasteiger partial charge in [-0.05, 0) is 17.4 Å². The molecule has 1 aromatic rings. The van der Waals surface area contributed by atoms with E-state index in [0.29, 0.717) is 25.7 Å². The quantitative estimate of drug-likeness (QED) is 0.855. The van der Waals surface area contributed by atoms with Crippen LogP contribution in [0.15, 0.2) is 53.0 Å². The van der Waals surface area contributed by atoms with Gasteiger partial charge in [0.1, 0.15) is 11.5 Å². The maximum Gasteiger partial charge on any atom is 0.163 e. The second-order valence-electron chi connectivity index (χ2n) is 7.44. The Morgan fingerprint density at radius 1 is 0.800 bits per heavy atom. The number of allylic oxidation sites excluding steroid dienone is 4. The van der Waals surface area contributed by atoms with Gasteiger partial charge < -0.3 is 10.2 Å². The Morgan fingerprint density at radius 2 is 1.24 bits per heavy atom. The number of aliphatic hydroxyl groups is 2. The molecule has 0 spiro atoms. The van der Waals surface area contributed by atoms with Crippen molar-refractivity contribution in [2.75, 3.05) is 0 Å². The van der Waals surface area contributed by atoms with Crippen molar-refractivity contribution < 1.29 is 19.8 Å². The van der Waals surface area contributed by atoms with E-state index in [1.807, 2.05) is 44.2 Å². The molecule has 2 aliphatic rings. The van der Waals surface area contributed by atoms with Gasteiger partial charge in [-0.1, -0.05) is 44.2 Å². The van der Waals surface area contributed by atoms with E-state index in [1.54, 1.807) is 0 Å². The molecule has 0 saturated heterocycles. The van der Waals surface area contributed by atoms with Gasteiger partial charge in [0.25, 0.3) is 0 Å². The third kappa shape index (κ3) is 3.39. The lowest BCUT2D eigenvalue weighted by Gasteiger charge is -2.31. The minimum Gasteiger partial charge on any atom is -0.512 e. The zero-order valence-electron chi connectivity index (χ0n) is 14.7. The largest absolute Gasteiger partial charge is 0.512 e. The van der Waals surface area contributed by atoms with Crippen LogP contribution >= 0.6 is 0 Å². The van der Waals surface area contributed by atoms with Crippen molar-refractivity contribution in [3.63, 3.8) is 0 Å². The zero-order chi connectivity index (χ0) is 18.1. The highest BCUT2D eigenvalue weighted by Gasteiger charge is 2.39. The van der Waals surface area contributed by atoms with Gasteiger partial charge >= 0.3 is 0 Å². The maximum atomic E-state index is 12.7. The van der Waals surface area contributed by atoms with Crippen LogP contribution in [0.2, 0.25) is 0 Å². The molecular weight excluding hydrogens is 316 g/mol. The van der Waals surface area contributed by atoms with Crippen LogP contribution in [-0.2, 0) is 9.59 Å². The summed E-state index contributed by atoms with van der Waals surface area (Å²) >= 11 is 0. The molecule has 0 heterocycles. The molecule has 0 saturated carbocycles. The summed E-state index contributed by atoms with van der Waals surface area (Å²) < 4.78 is 0. The van der Waals surface area contributed by atoms with Crippen molar-refractivity contribution in [1.29, 1.82) is 0 Å². The third-order valence-corrected chi connectivity index (χ3v) is 5.08. The second kappa shape index (κ2) is 6.87. The van der Waals surface area contributed by atoms with E-state index in [9.17, 15) is 19.8 Å². The van der Waals surface area contributed by atoms with E-state index in [4.69, 9.17) is 0 Å². The minimum absolute atomic E-state index is 0.0457. The monoisotopic (exact) mass is 340 g/mol. The molecule has 1 aromatic carbocycles. The number of ketones is 2. The summed E-state index contributed by atoms with van der Waals surface area (Å²) in [6.07, 6.45) is 1.54. The first-order valence-corrected chi connectivity index (χ1v) is 8.83. The fourth-order valence-electron chi connectivity index (χ4n) is 3.98. The summed E-state index contributed by atoms with van der Waals surface area (Å²) in [6.45, 7) is 3.85. The maximum absolute atomic E-state index is 12.7. The first-order valence-electron chi connectivity index (χ1n) is 8.83. The predicted molar refractivity (Wildman–Crippen MR) is 95.3 cm³/mol. The zero-order valence-corrected chi connectivity index (χ0v) is 14.7. The smallest absolute Gasteiger partial charge is 0.163 e. The first-order chi connectivity index (χ1) is 11.9. The Morgan fingerprint density at radius 3 is 1.64 bits per heavy atom. The minimum atomic E-state index is -0.693. The summed E-state index contributed by atoms with van der Waals surface area (Å²) in [7, 11) is 0. The van der Waals surface area contributed by atoms with E-state index in [1.165, 1.54) is 0 Å². The van der Waals surface area contributed by atoms with Crippen LogP contribution in [0, 0.1) is 11.8 Å². The Bertz CT molecular complexity index is 711. The van der Waals surface area contributed by atoms with Gasteiger partial charge in [-0.15, -0.1) is 0 Å². The van der Waals surface area contributed by atoms with Crippen LogP contribution in [0.25, 0.3) is 0 Å². The summed E-state index contributed by atoms with van der Waals surface area (Å²) in [5.41, 5.74) is 1.29. The van der Waals surface area contributed by atoms with Gasteiger partial charge in [-0.2, -0.15) is 0 Å².